The van der Waals surface area contributed by atoms with Crippen molar-refractivity contribution in [2.75, 3.05) is 0 Å². The summed E-state index contributed by atoms with van der Waals surface area (Å²) in [5.41, 5.74) is 2.29. The fourth-order valence-electron chi connectivity index (χ4n) is 1.93. The van der Waals surface area contributed by atoms with Crippen LogP contribution in [0.4, 0.5) is 0 Å². The van der Waals surface area contributed by atoms with Gasteiger partial charge in [-0.25, -0.2) is 4.98 Å². The zero-order valence-corrected chi connectivity index (χ0v) is 11.0. The van der Waals surface area contributed by atoms with Crippen LogP contribution in [-0.4, -0.2) is 14.5 Å². The predicted octanol–water partition coefficient (Wildman–Crippen LogP) is 2.54. The smallest absolute Gasteiger partial charge is 0.0948 e. The highest BCUT2D eigenvalue weighted by Crippen LogP contribution is 2.09. The van der Waals surface area contributed by atoms with Gasteiger partial charge in [0.15, 0.2) is 0 Å². The van der Waals surface area contributed by atoms with E-state index in [1.807, 2.05) is 36.9 Å². The third-order valence-electron chi connectivity index (χ3n) is 2.98. The molecule has 4 heteroatoms. The third kappa shape index (κ3) is 3.17. The fourth-order valence-corrected chi connectivity index (χ4v) is 1.93. The van der Waals surface area contributed by atoms with Crippen molar-refractivity contribution >= 4 is 0 Å². The summed E-state index contributed by atoms with van der Waals surface area (Å²) in [4.78, 5) is 8.55. The van der Waals surface area contributed by atoms with E-state index in [-0.39, 0.29) is 6.04 Å². The summed E-state index contributed by atoms with van der Waals surface area (Å²) in [5, 5.41) is 3.48. The molecule has 2 heterocycles. The van der Waals surface area contributed by atoms with E-state index >= 15 is 0 Å². The second kappa shape index (κ2) is 6.31. The minimum absolute atomic E-state index is 0.246. The maximum atomic E-state index is 4.35. The topological polar surface area (TPSA) is 42.7 Å². The Kier molecular flexibility index (Phi) is 4.47. The summed E-state index contributed by atoms with van der Waals surface area (Å²) in [5.74, 6) is 0. The van der Waals surface area contributed by atoms with Crippen LogP contribution in [0.1, 0.15) is 37.7 Å². The molecule has 1 atom stereocenters. The average molecular weight is 244 g/mol. The highest BCUT2D eigenvalue weighted by Gasteiger charge is 2.07. The highest BCUT2D eigenvalue weighted by molar-refractivity contribution is 5.08. The standard InChI is InChI=1S/C14H20N4/c1-3-8-18-11-15-9-13(18)10-17-12(2)14-6-4-5-7-16-14/h4-7,9,11-12,17H,3,8,10H2,1-2H3/t12-/m0/s1. The molecule has 18 heavy (non-hydrogen) atoms. The third-order valence-corrected chi connectivity index (χ3v) is 2.98. The number of hydrogen-bond donors (Lipinski definition) is 1. The van der Waals surface area contributed by atoms with Gasteiger partial charge in [0.25, 0.3) is 0 Å². The average Bonchev–Trinajstić information content (AvgIpc) is 2.85. The van der Waals surface area contributed by atoms with E-state index in [0.29, 0.717) is 0 Å². The van der Waals surface area contributed by atoms with Crippen LogP contribution in [0.25, 0.3) is 0 Å². The zero-order chi connectivity index (χ0) is 12.8. The SMILES string of the molecule is CCCn1cncc1CN[C@@H](C)c1ccccn1. The Labute approximate surface area is 108 Å². The van der Waals surface area contributed by atoms with Gasteiger partial charge in [0.05, 0.1) is 17.7 Å². The Balaban J connectivity index is 1.93. The monoisotopic (exact) mass is 244 g/mol. The maximum absolute atomic E-state index is 4.35. The van der Waals surface area contributed by atoms with Gasteiger partial charge in [-0.3, -0.25) is 4.98 Å². The molecule has 2 rings (SSSR count). The molecule has 1 N–H and O–H groups in total. The lowest BCUT2D eigenvalue weighted by atomic mass is 10.2. The van der Waals surface area contributed by atoms with Crippen LogP contribution in [0.5, 0.6) is 0 Å². The van der Waals surface area contributed by atoms with E-state index in [9.17, 15) is 0 Å². The molecule has 0 saturated heterocycles. The summed E-state index contributed by atoms with van der Waals surface area (Å²) in [6, 6.07) is 6.24. The highest BCUT2D eigenvalue weighted by atomic mass is 15.1. The molecule has 96 valence electrons. The van der Waals surface area contributed by atoms with Crippen LogP contribution in [0, 0.1) is 0 Å². The van der Waals surface area contributed by atoms with Crippen molar-refractivity contribution in [3.05, 3.63) is 48.3 Å². The molecular weight excluding hydrogens is 224 g/mol. The molecule has 0 fully saturated rings. The molecule has 0 aliphatic rings. The number of imidazole rings is 1. The van der Waals surface area contributed by atoms with Gasteiger partial charge in [-0.1, -0.05) is 13.0 Å². The molecule has 4 nitrogen and oxygen atoms in total. The Hall–Kier alpha value is -1.68. The van der Waals surface area contributed by atoms with E-state index in [0.717, 1.165) is 25.2 Å². The molecule has 0 radical (unpaired) electrons. The molecule has 2 aromatic heterocycles. The number of nitrogens with zero attached hydrogens (tertiary/aromatic N) is 3. The van der Waals surface area contributed by atoms with Crippen molar-refractivity contribution in [3.8, 4) is 0 Å². The quantitative estimate of drug-likeness (QED) is 0.849. The molecule has 0 aliphatic heterocycles. The Morgan fingerprint density at radius 2 is 2.28 bits per heavy atom. The van der Waals surface area contributed by atoms with Gasteiger partial charge >= 0.3 is 0 Å². The van der Waals surface area contributed by atoms with Crippen LogP contribution >= 0.6 is 0 Å². The fraction of sp³-hybridized carbons (Fsp3) is 0.429. The largest absolute Gasteiger partial charge is 0.333 e. The number of hydrogen-bond acceptors (Lipinski definition) is 3. The van der Waals surface area contributed by atoms with Crippen LogP contribution in [0.15, 0.2) is 36.9 Å². The van der Waals surface area contributed by atoms with Crippen molar-refractivity contribution in [2.45, 2.75) is 39.4 Å². The van der Waals surface area contributed by atoms with E-state index in [1.54, 1.807) is 0 Å². The molecular formula is C14H20N4. The van der Waals surface area contributed by atoms with Gasteiger partial charge in [0.1, 0.15) is 0 Å². The summed E-state index contributed by atoms with van der Waals surface area (Å²) in [6.07, 6.45) is 6.77. The Bertz CT molecular complexity index is 464. The first-order valence-corrected chi connectivity index (χ1v) is 6.44. The minimum Gasteiger partial charge on any atom is -0.333 e. The lowest BCUT2D eigenvalue weighted by Gasteiger charge is -2.14. The van der Waals surface area contributed by atoms with Crippen LogP contribution in [0.3, 0.4) is 0 Å². The van der Waals surface area contributed by atoms with Gasteiger partial charge < -0.3 is 9.88 Å². The Morgan fingerprint density at radius 3 is 3.00 bits per heavy atom. The summed E-state index contributed by atoms with van der Waals surface area (Å²) in [6.45, 7) is 6.14. The lowest BCUT2D eigenvalue weighted by molar-refractivity contribution is 0.533. The second-order valence-electron chi connectivity index (χ2n) is 4.44. The van der Waals surface area contributed by atoms with Crippen molar-refractivity contribution in [1.82, 2.24) is 19.9 Å². The summed E-state index contributed by atoms with van der Waals surface area (Å²) in [7, 11) is 0. The van der Waals surface area contributed by atoms with Crippen LogP contribution in [0.2, 0.25) is 0 Å². The number of rotatable bonds is 6. The number of pyridine rings is 1. The van der Waals surface area contributed by atoms with Crippen LogP contribution in [-0.2, 0) is 13.1 Å². The summed E-state index contributed by atoms with van der Waals surface area (Å²) < 4.78 is 2.19. The predicted molar refractivity (Wildman–Crippen MR) is 72.0 cm³/mol. The number of aromatic nitrogens is 3. The summed E-state index contributed by atoms with van der Waals surface area (Å²) >= 11 is 0. The molecule has 0 aliphatic carbocycles. The molecule has 2 aromatic rings. The molecule has 0 saturated carbocycles. The molecule has 0 aromatic carbocycles. The van der Waals surface area contributed by atoms with Crippen molar-refractivity contribution in [1.29, 1.82) is 0 Å². The van der Waals surface area contributed by atoms with Gasteiger partial charge in [-0.15, -0.1) is 0 Å². The molecule has 0 amide bonds. The van der Waals surface area contributed by atoms with Crippen LogP contribution < -0.4 is 5.32 Å². The maximum Gasteiger partial charge on any atom is 0.0948 e. The van der Waals surface area contributed by atoms with Gasteiger partial charge in [-0.2, -0.15) is 0 Å². The van der Waals surface area contributed by atoms with Gasteiger partial charge in [0, 0.05) is 31.5 Å². The van der Waals surface area contributed by atoms with Crippen molar-refractivity contribution in [3.63, 3.8) is 0 Å². The lowest BCUT2D eigenvalue weighted by Crippen LogP contribution is -2.20. The number of nitrogens with one attached hydrogen (secondary N) is 1. The van der Waals surface area contributed by atoms with E-state index in [4.69, 9.17) is 0 Å². The normalized spacial score (nSPS) is 12.6. The van der Waals surface area contributed by atoms with Gasteiger partial charge in [-0.05, 0) is 25.5 Å². The van der Waals surface area contributed by atoms with E-state index in [1.165, 1.54) is 5.69 Å². The van der Waals surface area contributed by atoms with E-state index < -0.39 is 0 Å². The number of aryl methyl sites for hydroxylation is 1. The van der Waals surface area contributed by atoms with E-state index in [2.05, 4.69) is 33.7 Å². The molecule has 0 unspecified atom stereocenters. The zero-order valence-electron chi connectivity index (χ0n) is 11.0. The van der Waals surface area contributed by atoms with Crippen molar-refractivity contribution < 1.29 is 0 Å². The molecule has 0 spiro atoms. The first-order valence-electron chi connectivity index (χ1n) is 6.44. The second-order valence-corrected chi connectivity index (χ2v) is 4.44. The van der Waals surface area contributed by atoms with Crippen molar-refractivity contribution in [2.24, 2.45) is 0 Å². The first-order chi connectivity index (χ1) is 8.81. The first kappa shape index (κ1) is 12.8. The minimum atomic E-state index is 0.246. The Morgan fingerprint density at radius 1 is 1.39 bits per heavy atom. The van der Waals surface area contributed by atoms with Gasteiger partial charge in [0.2, 0.25) is 0 Å². The molecule has 0 bridgehead atoms.